The van der Waals surface area contributed by atoms with Gasteiger partial charge in [0.2, 0.25) is 0 Å². The summed E-state index contributed by atoms with van der Waals surface area (Å²) in [6.45, 7) is 1.95. The van der Waals surface area contributed by atoms with Crippen molar-refractivity contribution in [3.05, 3.63) is 63.2 Å². The minimum atomic E-state index is -0.473. The number of rotatable bonds is 5. The summed E-state index contributed by atoms with van der Waals surface area (Å²) >= 11 is 7.05. The van der Waals surface area contributed by atoms with E-state index in [0.717, 1.165) is 42.0 Å². The summed E-state index contributed by atoms with van der Waals surface area (Å²) in [6.07, 6.45) is 2.08. The zero-order valence-electron chi connectivity index (χ0n) is 15.4. The molecule has 0 amide bonds. The molecule has 142 valence electrons. The number of halogens is 2. The van der Waals surface area contributed by atoms with Gasteiger partial charge in [0, 0.05) is 49.7 Å². The molecule has 0 aliphatic heterocycles. The number of ether oxygens (including phenoxy) is 1. The highest BCUT2D eigenvalue weighted by Gasteiger charge is 2.22. The van der Waals surface area contributed by atoms with Gasteiger partial charge in [0.1, 0.15) is 6.10 Å². The Morgan fingerprint density at radius 1 is 1.11 bits per heavy atom. The number of carbonyl (C=O) groups excluding carboxylic acids is 1. The summed E-state index contributed by atoms with van der Waals surface area (Å²) in [7, 11) is 1.57. The minimum absolute atomic E-state index is 0.0259. The lowest BCUT2D eigenvalue weighted by Gasteiger charge is -2.15. The molecular formula is C22H18Br2N2O2. The molecule has 4 nitrogen and oxygen atoms in total. The molecule has 4 rings (SSSR count). The number of aromatic nitrogens is 2. The number of aromatic amines is 1. The van der Waals surface area contributed by atoms with E-state index >= 15 is 0 Å². The minimum Gasteiger partial charge on any atom is -0.373 e. The van der Waals surface area contributed by atoms with Crippen molar-refractivity contribution >= 4 is 59.4 Å². The molecule has 1 unspecified atom stereocenters. The maximum absolute atomic E-state index is 13.2. The molecule has 0 saturated heterocycles. The standard InChI is InChI=1S/C22H18Br2N2O2/c1-3-21(28-2)22(27)16-10-20(26-19-9-13(24)4-6-14(16)19)17-11-25-18-7-5-12(23)8-15(17)18/h4-11,21,25H,3H2,1-2H3. The molecule has 0 aliphatic rings. The summed E-state index contributed by atoms with van der Waals surface area (Å²) in [5, 5.41) is 1.88. The molecule has 6 heteroatoms. The van der Waals surface area contributed by atoms with E-state index in [-0.39, 0.29) is 5.78 Å². The van der Waals surface area contributed by atoms with E-state index in [4.69, 9.17) is 9.72 Å². The Morgan fingerprint density at radius 3 is 2.61 bits per heavy atom. The van der Waals surface area contributed by atoms with Crippen LogP contribution in [0, 0.1) is 0 Å². The van der Waals surface area contributed by atoms with Gasteiger partial charge in [0.15, 0.2) is 5.78 Å². The van der Waals surface area contributed by atoms with E-state index < -0.39 is 6.10 Å². The fourth-order valence-electron chi connectivity index (χ4n) is 3.48. The van der Waals surface area contributed by atoms with Crippen LogP contribution in [0.15, 0.2) is 57.6 Å². The number of carbonyl (C=O) groups is 1. The highest BCUT2D eigenvalue weighted by Crippen LogP contribution is 2.33. The second-order valence-corrected chi connectivity index (χ2v) is 8.44. The van der Waals surface area contributed by atoms with Crippen molar-refractivity contribution in [2.24, 2.45) is 0 Å². The fraction of sp³-hybridized carbons (Fsp3) is 0.182. The molecule has 0 fully saturated rings. The summed E-state index contributed by atoms with van der Waals surface area (Å²) in [5.41, 5.74) is 4.13. The molecule has 1 atom stereocenters. The number of fused-ring (bicyclic) bond motifs is 2. The number of methoxy groups -OCH3 is 1. The van der Waals surface area contributed by atoms with Gasteiger partial charge in [-0.1, -0.05) is 44.8 Å². The third-order valence-corrected chi connectivity index (χ3v) is 5.89. The Bertz CT molecular complexity index is 1200. The topological polar surface area (TPSA) is 55.0 Å². The largest absolute Gasteiger partial charge is 0.373 e. The lowest BCUT2D eigenvalue weighted by Crippen LogP contribution is -2.22. The van der Waals surface area contributed by atoms with Crippen LogP contribution in [0.25, 0.3) is 33.1 Å². The van der Waals surface area contributed by atoms with E-state index in [9.17, 15) is 4.79 Å². The first kappa shape index (κ1) is 19.3. The Morgan fingerprint density at radius 2 is 1.86 bits per heavy atom. The number of nitrogens with zero attached hydrogens (tertiary/aromatic N) is 1. The third kappa shape index (κ3) is 3.41. The van der Waals surface area contributed by atoms with Gasteiger partial charge in [-0.05, 0) is 42.8 Å². The van der Waals surface area contributed by atoms with Crippen LogP contribution in [0.1, 0.15) is 23.7 Å². The molecular weight excluding hydrogens is 484 g/mol. The molecule has 1 N–H and O–H groups in total. The van der Waals surface area contributed by atoms with E-state index in [2.05, 4.69) is 42.9 Å². The quantitative estimate of drug-likeness (QED) is 0.317. The van der Waals surface area contributed by atoms with Gasteiger partial charge in [0.25, 0.3) is 0 Å². The first-order chi connectivity index (χ1) is 13.5. The highest BCUT2D eigenvalue weighted by molar-refractivity contribution is 9.10. The maximum atomic E-state index is 13.2. The average molecular weight is 502 g/mol. The summed E-state index contributed by atoms with van der Waals surface area (Å²) in [6, 6.07) is 13.7. The number of hydrogen-bond acceptors (Lipinski definition) is 3. The number of H-pyrrole nitrogens is 1. The van der Waals surface area contributed by atoms with Crippen molar-refractivity contribution in [1.82, 2.24) is 9.97 Å². The number of nitrogens with one attached hydrogen (secondary N) is 1. The smallest absolute Gasteiger partial charge is 0.192 e. The fourth-order valence-corrected chi connectivity index (χ4v) is 4.19. The van der Waals surface area contributed by atoms with E-state index in [1.165, 1.54) is 0 Å². The van der Waals surface area contributed by atoms with Gasteiger partial charge in [0.05, 0.1) is 11.2 Å². The second kappa shape index (κ2) is 7.78. The molecule has 2 heterocycles. The van der Waals surface area contributed by atoms with Gasteiger partial charge in [-0.3, -0.25) is 4.79 Å². The van der Waals surface area contributed by atoms with Crippen molar-refractivity contribution in [1.29, 1.82) is 0 Å². The monoisotopic (exact) mass is 500 g/mol. The highest BCUT2D eigenvalue weighted by atomic mass is 79.9. The molecule has 0 radical (unpaired) electrons. The molecule has 0 saturated carbocycles. The normalized spacial score (nSPS) is 12.6. The Hall–Kier alpha value is -2.02. The molecule has 2 aromatic carbocycles. The van der Waals surface area contributed by atoms with Crippen LogP contribution in [-0.2, 0) is 4.74 Å². The summed E-state index contributed by atoms with van der Waals surface area (Å²) < 4.78 is 7.32. The van der Waals surface area contributed by atoms with Crippen LogP contribution in [0.5, 0.6) is 0 Å². The predicted molar refractivity (Wildman–Crippen MR) is 120 cm³/mol. The lowest BCUT2D eigenvalue weighted by atomic mass is 9.97. The van der Waals surface area contributed by atoms with Crippen LogP contribution in [0.2, 0.25) is 0 Å². The number of Topliss-reactive ketones (excluding diaryl/α,β-unsaturated/α-hetero) is 1. The Labute approximate surface area is 179 Å². The van der Waals surface area contributed by atoms with Crippen molar-refractivity contribution in [3.63, 3.8) is 0 Å². The lowest BCUT2D eigenvalue weighted by molar-refractivity contribution is 0.0597. The number of benzene rings is 2. The molecule has 28 heavy (non-hydrogen) atoms. The number of ketones is 1. The Balaban J connectivity index is 1.99. The van der Waals surface area contributed by atoms with Crippen LogP contribution < -0.4 is 0 Å². The van der Waals surface area contributed by atoms with E-state index in [0.29, 0.717) is 12.0 Å². The second-order valence-electron chi connectivity index (χ2n) is 6.61. The van der Waals surface area contributed by atoms with Crippen LogP contribution in [0.3, 0.4) is 0 Å². The van der Waals surface area contributed by atoms with Crippen molar-refractivity contribution in [3.8, 4) is 11.3 Å². The molecule has 4 aromatic rings. The van der Waals surface area contributed by atoms with Crippen LogP contribution in [-0.4, -0.2) is 29.0 Å². The van der Waals surface area contributed by atoms with Gasteiger partial charge < -0.3 is 9.72 Å². The van der Waals surface area contributed by atoms with Crippen LogP contribution in [0.4, 0.5) is 0 Å². The maximum Gasteiger partial charge on any atom is 0.192 e. The van der Waals surface area contributed by atoms with Gasteiger partial charge >= 0.3 is 0 Å². The zero-order chi connectivity index (χ0) is 19.8. The van der Waals surface area contributed by atoms with E-state index in [1.807, 2.05) is 49.5 Å². The van der Waals surface area contributed by atoms with Crippen molar-refractivity contribution < 1.29 is 9.53 Å². The first-order valence-corrected chi connectivity index (χ1v) is 10.5. The summed E-state index contributed by atoms with van der Waals surface area (Å²) in [4.78, 5) is 21.3. The number of hydrogen-bond donors (Lipinski definition) is 1. The Kier molecular flexibility index (Phi) is 5.36. The molecule has 0 bridgehead atoms. The average Bonchev–Trinajstić information content (AvgIpc) is 3.10. The number of pyridine rings is 1. The third-order valence-electron chi connectivity index (χ3n) is 4.90. The van der Waals surface area contributed by atoms with E-state index in [1.54, 1.807) is 7.11 Å². The zero-order valence-corrected chi connectivity index (χ0v) is 18.6. The molecule has 0 spiro atoms. The van der Waals surface area contributed by atoms with Crippen molar-refractivity contribution in [2.75, 3.05) is 7.11 Å². The first-order valence-electron chi connectivity index (χ1n) is 8.96. The van der Waals surface area contributed by atoms with Gasteiger partial charge in [-0.15, -0.1) is 0 Å². The molecule has 0 aliphatic carbocycles. The summed E-state index contributed by atoms with van der Waals surface area (Å²) in [5.74, 6) is -0.0259. The molecule has 2 aromatic heterocycles. The van der Waals surface area contributed by atoms with Gasteiger partial charge in [-0.2, -0.15) is 0 Å². The van der Waals surface area contributed by atoms with Crippen LogP contribution >= 0.6 is 31.9 Å². The SMILES string of the molecule is CCC(OC)C(=O)c1cc(-c2c[nH]c3ccc(Br)cc23)nc2cc(Br)ccc12. The predicted octanol–water partition coefficient (Wildman–Crippen LogP) is 6.52. The van der Waals surface area contributed by atoms with Gasteiger partial charge in [-0.25, -0.2) is 4.98 Å². The van der Waals surface area contributed by atoms with Crippen molar-refractivity contribution in [2.45, 2.75) is 19.4 Å².